The molecule has 1 atom stereocenters. The number of halogens is 2. The van der Waals surface area contributed by atoms with Crippen LogP contribution < -0.4 is 10.6 Å². The van der Waals surface area contributed by atoms with Crippen molar-refractivity contribution in [2.75, 3.05) is 11.9 Å². The quantitative estimate of drug-likeness (QED) is 0.876. The average Bonchev–Trinajstić information content (AvgIpc) is 2.29. The smallest absolute Gasteiger partial charge is 0.242 e. The van der Waals surface area contributed by atoms with Crippen LogP contribution in [0, 0.1) is 11.7 Å². The zero-order chi connectivity index (χ0) is 13.7. The Bertz CT molecular complexity index is 423. The van der Waals surface area contributed by atoms with Crippen LogP contribution in [0.5, 0.6) is 0 Å². The Kier molecular flexibility index (Phi) is 5.59. The third-order valence-corrected chi connectivity index (χ3v) is 2.87. The molecule has 0 saturated carbocycles. The Balaban J connectivity index is 2.58. The second-order valence-electron chi connectivity index (χ2n) is 4.63. The SMILES string of the molecule is CC(C)CNC(=O)C(C)Nc1ccc(Br)cc1F. The second-order valence-corrected chi connectivity index (χ2v) is 5.54. The normalized spacial score (nSPS) is 12.3. The lowest BCUT2D eigenvalue weighted by molar-refractivity contribution is -0.121. The van der Waals surface area contributed by atoms with Crippen LogP contribution in [0.1, 0.15) is 20.8 Å². The van der Waals surface area contributed by atoms with Crippen molar-refractivity contribution in [3.63, 3.8) is 0 Å². The number of carbonyl (C=O) groups is 1. The Morgan fingerprint density at radius 1 is 1.39 bits per heavy atom. The average molecular weight is 317 g/mol. The first-order valence-corrected chi connectivity index (χ1v) is 6.68. The van der Waals surface area contributed by atoms with Gasteiger partial charge in [-0.05, 0) is 31.0 Å². The van der Waals surface area contributed by atoms with Crippen LogP contribution in [0.2, 0.25) is 0 Å². The summed E-state index contributed by atoms with van der Waals surface area (Å²) in [6.07, 6.45) is 0. The Morgan fingerprint density at radius 2 is 2.06 bits per heavy atom. The van der Waals surface area contributed by atoms with Crippen LogP contribution >= 0.6 is 15.9 Å². The summed E-state index contributed by atoms with van der Waals surface area (Å²) in [7, 11) is 0. The van der Waals surface area contributed by atoms with Crippen LogP contribution in [0.3, 0.4) is 0 Å². The number of hydrogen-bond donors (Lipinski definition) is 2. The Morgan fingerprint density at radius 3 is 2.61 bits per heavy atom. The summed E-state index contributed by atoms with van der Waals surface area (Å²) in [5.41, 5.74) is 0.324. The predicted octanol–water partition coefficient (Wildman–Crippen LogP) is 3.16. The van der Waals surface area contributed by atoms with Crippen LogP contribution in [-0.2, 0) is 4.79 Å². The van der Waals surface area contributed by atoms with Gasteiger partial charge in [0.25, 0.3) is 0 Å². The van der Waals surface area contributed by atoms with Gasteiger partial charge in [0.05, 0.1) is 5.69 Å². The van der Waals surface area contributed by atoms with E-state index in [0.717, 1.165) is 0 Å². The maximum atomic E-state index is 13.6. The van der Waals surface area contributed by atoms with Gasteiger partial charge in [0.1, 0.15) is 11.9 Å². The minimum atomic E-state index is -0.473. The molecule has 0 heterocycles. The number of rotatable bonds is 5. The highest BCUT2D eigenvalue weighted by atomic mass is 79.9. The number of benzene rings is 1. The molecule has 3 nitrogen and oxygen atoms in total. The number of hydrogen-bond acceptors (Lipinski definition) is 2. The van der Waals surface area contributed by atoms with Crippen molar-refractivity contribution >= 4 is 27.5 Å². The first kappa shape index (κ1) is 15.0. The topological polar surface area (TPSA) is 41.1 Å². The lowest BCUT2D eigenvalue weighted by atomic mass is 10.2. The van der Waals surface area contributed by atoms with Gasteiger partial charge in [0.15, 0.2) is 0 Å². The van der Waals surface area contributed by atoms with Crippen molar-refractivity contribution < 1.29 is 9.18 Å². The zero-order valence-corrected chi connectivity index (χ0v) is 12.3. The van der Waals surface area contributed by atoms with E-state index in [0.29, 0.717) is 22.6 Å². The summed E-state index contributed by atoms with van der Waals surface area (Å²) < 4.78 is 14.2. The van der Waals surface area contributed by atoms with Gasteiger partial charge in [-0.25, -0.2) is 4.39 Å². The lowest BCUT2D eigenvalue weighted by Crippen LogP contribution is -2.39. The summed E-state index contributed by atoms with van der Waals surface area (Å²) in [5.74, 6) is -0.121. The number of amides is 1. The lowest BCUT2D eigenvalue weighted by Gasteiger charge is -2.16. The molecule has 0 aliphatic rings. The predicted molar refractivity (Wildman–Crippen MR) is 75.0 cm³/mol. The van der Waals surface area contributed by atoms with E-state index in [-0.39, 0.29) is 11.7 Å². The summed E-state index contributed by atoms with van der Waals surface area (Å²) in [6.45, 7) is 6.37. The first-order valence-electron chi connectivity index (χ1n) is 5.89. The molecule has 0 bridgehead atoms. The molecule has 1 unspecified atom stereocenters. The fraction of sp³-hybridized carbons (Fsp3) is 0.462. The summed E-state index contributed by atoms with van der Waals surface area (Å²) >= 11 is 3.19. The number of nitrogens with one attached hydrogen (secondary N) is 2. The molecule has 0 saturated heterocycles. The molecule has 100 valence electrons. The van der Waals surface area contributed by atoms with Crippen molar-refractivity contribution in [2.24, 2.45) is 5.92 Å². The van der Waals surface area contributed by atoms with E-state index >= 15 is 0 Å². The van der Waals surface area contributed by atoms with Gasteiger partial charge in [-0.1, -0.05) is 29.8 Å². The monoisotopic (exact) mass is 316 g/mol. The molecule has 0 radical (unpaired) electrons. The van der Waals surface area contributed by atoms with Gasteiger partial charge >= 0.3 is 0 Å². The van der Waals surface area contributed by atoms with E-state index in [9.17, 15) is 9.18 Å². The molecule has 1 rings (SSSR count). The Hall–Kier alpha value is -1.10. The maximum absolute atomic E-state index is 13.6. The number of anilines is 1. The molecule has 1 aromatic carbocycles. The molecule has 0 aliphatic carbocycles. The van der Waals surface area contributed by atoms with Gasteiger partial charge in [0, 0.05) is 11.0 Å². The van der Waals surface area contributed by atoms with Gasteiger partial charge in [-0.3, -0.25) is 4.79 Å². The molecule has 5 heteroatoms. The minimum absolute atomic E-state index is 0.133. The van der Waals surface area contributed by atoms with Gasteiger partial charge in [-0.15, -0.1) is 0 Å². The molecule has 1 aromatic rings. The highest BCUT2D eigenvalue weighted by Gasteiger charge is 2.14. The maximum Gasteiger partial charge on any atom is 0.242 e. The van der Waals surface area contributed by atoms with Crippen molar-refractivity contribution in [3.8, 4) is 0 Å². The highest BCUT2D eigenvalue weighted by molar-refractivity contribution is 9.10. The summed E-state index contributed by atoms with van der Waals surface area (Å²) in [6, 6.07) is 4.22. The third-order valence-electron chi connectivity index (χ3n) is 2.38. The molecule has 18 heavy (non-hydrogen) atoms. The standard InChI is InChI=1S/C13H18BrFN2O/c1-8(2)7-16-13(18)9(3)17-12-5-4-10(14)6-11(12)15/h4-6,8-9,17H,7H2,1-3H3,(H,16,18). The van der Waals surface area contributed by atoms with Crippen LogP contribution in [0.15, 0.2) is 22.7 Å². The number of carbonyl (C=O) groups excluding carboxylic acids is 1. The third kappa shape index (κ3) is 4.64. The van der Waals surface area contributed by atoms with Gasteiger partial charge in [0.2, 0.25) is 5.91 Å². The Labute approximate surface area is 115 Å². The summed E-state index contributed by atoms with van der Waals surface area (Å²) in [4.78, 5) is 11.7. The minimum Gasteiger partial charge on any atom is -0.372 e. The van der Waals surface area contributed by atoms with Crippen LogP contribution in [-0.4, -0.2) is 18.5 Å². The molecule has 0 aliphatic heterocycles. The van der Waals surface area contributed by atoms with Crippen LogP contribution in [0.25, 0.3) is 0 Å². The molecule has 2 N–H and O–H groups in total. The van der Waals surface area contributed by atoms with Crippen molar-refractivity contribution in [1.29, 1.82) is 0 Å². The largest absolute Gasteiger partial charge is 0.372 e. The van der Waals surface area contributed by atoms with E-state index < -0.39 is 6.04 Å². The molecule has 1 amide bonds. The molecule has 0 aromatic heterocycles. The second kappa shape index (κ2) is 6.73. The van der Waals surface area contributed by atoms with Crippen molar-refractivity contribution in [2.45, 2.75) is 26.8 Å². The molecule has 0 fully saturated rings. The highest BCUT2D eigenvalue weighted by Crippen LogP contribution is 2.19. The molecular formula is C13H18BrFN2O. The van der Waals surface area contributed by atoms with E-state index in [4.69, 9.17) is 0 Å². The van der Waals surface area contributed by atoms with E-state index in [2.05, 4.69) is 26.6 Å². The van der Waals surface area contributed by atoms with E-state index in [1.165, 1.54) is 6.07 Å². The van der Waals surface area contributed by atoms with Crippen LogP contribution in [0.4, 0.5) is 10.1 Å². The molecular weight excluding hydrogens is 299 g/mol. The van der Waals surface area contributed by atoms with Crippen molar-refractivity contribution in [3.05, 3.63) is 28.5 Å². The molecule has 0 spiro atoms. The van der Waals surface area contributed by atoms with Gasteiger partial charge in [-0.2, -0.15) is 0 Å². The summed E-state index contributed by atoms with van der Waals surface area (Å²) in [5, 5.41) is 5.65. The van der Waals surface area contributed by atoms with E-state index in [1.807, 2.05) is 13.8 Å². The first-order chi connectivity index (χ1) is 8.40. The van der Waals surface area contributed by atoms with Gasteiger partial charge < -0.3 is 10.6 Å². The fourth-order valence-electron chi connectivity index (χ4n) is 1.36. The zero-order valence-electron chi connectivity index (χ0n) is 10.8. The van der Waals surface area contributed by atoms with Crippen molar-refractivity contribution in [1.82, 2.24) is 5.32 Å². The van der Waals surface area contributed by atoms with E-state index in [1.54, 1.807) is 19.1 Å². The fourth-order valence-corrected chi connectivity index (χ4v) is 1.70.